The quantitative estimate of drug-likeness (QED) is 0.287. The topological polar surface area (TPSA) is 171 Å². The van der Waals surface area contributed by atoms with Gasteiger partial charge >= 0.3 is 5.12 Å². The van der Waals surface area contributed by atoms with E-state index in [1.165, 1.54) is 0 Å². The summed E-state index contributed by atoms with van der Waals surface area (Å²) in [5.41, 5.74) is 0. The standard InChI is InChI=1S/C6H13NO8S/c7-16(13,14)6(12)5(11)4(10)3(9)2(1-8)15-6/h2-5,8-12H,1H2,(H2,7,13,14)/t2-,3+,4+,5-,6+/m1/s1. The molecular weight excluding hydrogens is 246 g/mol. The molecule has 10 heteroatoms. The van der Waals surface area contributed by atoms with E-state index < -0.39 is 46.2 Å². The van der Waals surface area contributed by atoms with Gasteiger partial charge in [0.05, 0.1) is 6.61 Å². The highest BCUT2D eigenvalue weighted by Gasteiger charge is 2.59. The van der Waals surface area contributed by atoms with Gasteiger partial charge in [0.2, 0.25) is 0 Å². The van der Waals surface area contributed by atoms with Gasteiger partial charge in [0.25, 0.3) is 10.0 Å². The maximum Gasteiger partial charge on any atom is 0.315 e. The largest absolute Gasteiger partial charge is 0.394 e. The first-order valence-electron chi connectivity index (χ1n) is 4.22. The van der Waals surface area contributed by atoms with Gasteiger partial charge in [0.15, 0.2) is 6.10 Å². The van der Waals surface area contributed by atoms with Gasteiger partial charge in [-0.25, -0.2) is 13.6 Å². The minimum atomic E-state index is -4.77. The summed E-state index contributed by atoms with van der Waals surface area (Å²) >= 11 is 0. The van der Waals surface area contributed by atoms with E-state index in [1.54, 1.807) is 0 Å². The Labute approximate surface area is 90.7 Å². The van der Waals surface area contributed by atoms with Gasteiger partial charge in [-0.05, 0) is 0 Å². The smallest absolute Gasteiger partial charge is 0.315 e. The zero-order valence-corrected chi connectivity index (χ0v) is 8.78. The van der Waals surface area contributed by atoms with Crippen LogP contribution in [0, 0.1) is 0 Å². The van der Waals surface area contributed by atoms with Crippen molar-refractivity contribution < 1.29 is 38.7 Å². The van der Waals surface area contributed by atoms with Crippen molar-refractivity contribution in [3.05, 3.63) is 0 Å². The fourth-order valence-electron chi connectivity index (χ4n) is 1.36. The minimum absolute atomic E-state index is 0.872. The van der Waals surface area contributed by atoms with Crippen molar-refractivity contribution in [1.29, 1.82) is 0 Å². The number of primary sulfonamides is 1. The predicted octanol–water partition coefficient (Wildman–Crippen LogP) is -4.61. The molecule has 1 fully saturated rings. The summed E-state index contributed by atoms with van der Waals surface area (Å²) < 4.78 is 26.4. The Bertz CT molecular complexity index is 356. The molecule has 0 bridgehead atoms. The average Bonchev–Trinajstić information content (AvgIpc) is 2.19. The van der Waals surface area contributed by atoms with E-state index in [1.807, 2.05) is 0 Å². The Morgan fingerprint density at radius 1 is 1.25 bits per heavy atom. The van der Waals surface area contributed by atoms with E-state index in [-0.39, 0.29) is 0 Å². The van der Waals surface area contributed by atoms with Crippen molar-refractivity contribution in [3.63, 3.8) is 0 Å². The summed E-state index contributed by atoms with van der Waals surface area (Å²) in [6, 6.07) is 0. The van der Waals surface area contributed by atoms with Crippen LogP contribution in [0.2, 0.25) is 0 Å². The number of aliphatic hydroxyl groups is 5. The first kappa shape index (κ1) is 13.7. The third-order valence-corrected chi connectivity index (χ3v) is 3.49. The highest BCUT2D eigenvalue weighted by molar-refractivity contribution is 7.90. The summed E-state index contributed by atoms with van der Waals surface area (Å²) in [5, 5.41) is 47.4. The van der Waals surface area contributed by atoms with Crippen LogP contribution in [0.25, 0.3) is 0 Å². The van der Waals surface area contributed by atoms with E-state index in [0.717, 1.165) is 0 Å². The molecule has 0 saturated carbocycles. The van der Waals surface area contributed by atoms with E-state index in [2.05, 4.69) is 9.88 Å². The summed E-state index contributed by atoms with van der Waals surface area (Å²) in [6.07, 6.45) is -7.70. The van der Waals surface area contributed by atoms with Crippen LogP contribution < -0.4 is 5.14 Å². The van der Waals surface area contributed by atoms with Gasteiger partial charge in [-0.1, -0.05) is 0 Å². The Hall–Kier alpha value is -0.330. The third-order valence-electron chi connectivity index (χ3n) is 2.34. The van der Waals surface area contributed by atoms with E-state index in [4.69, 9.17) is 5.11 Å². The Morgan fingerprint density at radius 3 is 2.12 bits per heavy atom. The molecule has 0 amide bonds. The first-order valence-corrected chi connectivity index (χ1v) is 5.77. The monoisotopic (exact) mass is 259 g/mol. The second-order valence-corrected chi connectivity index (χ2v) is 5.12. The number of aliphatic hydroxyl groups excluding tert-OH is 4. The van der Waals surface area contributed by atoms with Gasteiger partial charge in [-0.3, -0.25) is 0 Å². The van der Waals surface area contributed by atoms with Crippen molar-refractivity contribution in [1.82, 2.24) is 0 Å². The lowest BCUT2D eigenvalue weighted by molar-refractivity contribution is -0.309. The lowest BCUT2D eigenvalue weighted by Crippen LogP contribution is -2.69. The van der Waals surface area contributed by atoms with Crippen LogP contribution in [-0.2, 0) is 14.8 Å². The van der Waals surface area contributed by atoms with Gasteiger partial charge < -0.3 is 30.3 Å². The SMILES string of the molecule is NS(=O)(=O)[C@@]1(O)O[C@H](CO)[C@H](O)[C@H](O)[C@H]1O. The maximum atomic E-state index is 11.0. The second kappa shape index (κ2) is 4.16. The molecule has 1 heterocycles. The molecule has 1 saturated heterocycles. The molecule has 0 spiro atoms. The molecular formula is C6H13NO8S. The molecule has 1 aliphatic rings. The number of ether oxygens (including phenoxy) is 1. The van der Waals surface area contributed by atoms with Crippen LogP contribution >= 0.6 is 0 Å². The molecule has 0 aliphatic carbocycles. The molecule has 0 radical (unpaired) electrons. The van der Waals surface area contributed by atoms with Crippen molar-refractivity contribution >= 4 is 10.0 Å². The van der Waals surface area contributed by atoms with Crippen LogP contribution in [0.3, 0.4) is 0 Å². The lowest BCUT2D eigenvalue weighted by atomic mass is 9.99. The van der Waals surface area contributed by atoms with Crippen molar-refractivity contribution in [2.45, 2.75) is 29.5 Å². The van der Waals surface area contributed by atoms with Crippen LogP contribution in [0.15, 0.2) is 0 Å². The number of sulfonamides is 1. The van der Waals surface area contributed by atoms with E-state index >= 15 is 0 Å². The molecule has 16 heavy (non-hydrogen) atoms. The van der Waals surface area contributed by atoms with E-state index in [0.29, 0.717) is 0 Å². The fourth-order valence-corrected chi connectivity index (χ4v) is 2.09. The normalized spacial score (nSPS) is 45.6. The molecule has 0 aromatic heterocycles. The van der Waals surface area contributed by atoms with Gasteiger partial charge in [0.1, 0.15) is 18.3 Å². The maximum absolute atomic E-state index is 11.0. The van der Waals surface area contributed by atoms with Crippen LogP contribution in [-0.4, -0.2) is 70.1 Å². The Balaban J connectivity index is 3.14. The number of nitrogens with two attached hydrogens (primary N) is 1. The highest BCUT2D eigenvalue weighted by atomic mass is 32.2. The first-order chi connectivity index (χ1) is 7.15. The highest BCUT2D eigenvalue weighted by Crippen LogP contribution is 2.30. The molecule has 0 unspecified atom stereocenters. The van der Waals surface area contributed by atoms with Gasteiger partial charge in [-0.2, -0.15) is 0 Å². The lowest BCUT2D eigenvalue weighted by Gasteiger charge is -2.43. The molecule has 96 valence electrons. The van der Waals surface area contributed by atoms with Crippen molar-refractivity contribution in [2.24, 2.45) is 5.14 Å². The average molecular weight is 259 g/mol. The number of hydrogen-bond donors (Lipinski definition) is 6. The fraction of sp³-hybridized carbons (Fsp3) is 1.00. The number of rotatable bonds is 2. The molecule has 5 atom stereocenters. The van der Waals surface area contributed by atoms with Crippen molar-refractivity contribution in [3.8, 4) is 0 Å². The van der Waals surface area contributed by atoms with E-state index in [9.17, 15) is 28.8 Å². The molecule has 0 aromatic rings. The molecule has 0 aromatic carbocycles. The summed E-state index contributed by atoms with van der Waals surface area (Å²) in [5.74, 6) is 0. The van der Waals surface area contributed by atoms with Crippen molar-refractivity contribution in [2.75, 3.05) is 6.61 Å². The molecule has 7 N–H and O–H groups in total. The number of hydrogen-bond acceptors (Lipinski definition) is 8. The molecule has 1 rings (SSSR count). The zero-order valence-electron chi connectivity index (χ0n) is 7.96. The van der Waals surface area contributed by atoms with Crippen LogP contribution in [0.5, 0.6) is 0 Å². The Kier molecular flexibility index (Phi) is 3.57. The van der Waals surface area contributed by atoms with Crippen LogP contribution in [0.1, 0.15) is 0 Å². The summed E-state index contributed by atoms with van der Waals surface area (Å²) in [6.45, 7) is -0.872. The van der Waals surface area contributed by atoms with Crippen LogP contribution in [0.4, 0.5) is 0 Å². The Morgan fingerprint density at radius 2 is 1.75 bits per heavy atom. The summed E-state index contributed by atoms with van der Waals surface area (Å²) in [7, 11) is -4.77. The zero-order chi connectivity index (χ0) is 12.7. The predicted molar refractivity (Wildman–Crippen MR) is 48.0 cm³/mol. The molecule has 9 nitrogen and oxygen atoms in total. The second-order valence-electron chi connectivity index (χ2n) is 3.44. The minimum Gasteiger partial charge on any atom is -0.394 e. The summed E-state index contributed by atoms with van der Waals surface area (Å²) in [4.78, 5) is 0. The third kappa shape index (κ3) is 1.94. The van der Waals surface area contributed by atoms with Gasteiger partial charge in [-0.15, -0.1) is 0 Å². The molecule has 1 aliphatic heterocycles. The van der Waals surface area contributed by atoms with Gasteiger partial charge in [0, 0.05) is 0 Å².